The Kier molecular flexibility index (Phi) is 2.84. The molecule has 1 aliphatic rings. The van der Waals surface area contributed by atoms with Crippen molar-refractivity contribution in [2.24, 2.45) is 5.84 Å². The molecule has 4 nitrogen and oxygen atoms in total. The fraction of sp³-hybridized carbons (Fsp3) is 0.857. The molecule has 1 atom stereocenters. The standard InChI is InChI=1S/C7H15N3O/c1-6(7(11)9-8)10-4-2-3-5-10/h6H,2-5,8H2,1H3,(H,9,11)/t6-/m1/s1. The van der Waals surface area contributed by atoms with Crippen LogP contribution in [0.4, 0.5) is 0 Å². The summed E-state index contributed by atoms with van der Waals surface area (Å²) < 4.78 is 0. The van der Waals surface area contributed by atoms with Gasteiger partial charge in [-0.25, -0.2) is 5.84 Å². The van der Waals surface area contributed by atoms with Crippen molar-refractivity contribution in [2.75, 3.05) is 13.1 Å². The zero-order valence-corrected chi connectivity index (χ0v) is 6.84. The van der Waals surface area contributed by atoms with Crippen molar-refractivity contribution >= 4 is 5.91 Å². The van der Waals surface area contributed by atoms with Crippen molar-refractivity contribution in [3.63, 3.8) is 0 Å². The van der Waals surface area contributed by atoms with Crippen LogP contribution in [0.1, 0.15) is 19.8 Å². The van der Waals surface area contributed by atoms with Crippen LogP contribution in [-0.4, -0.2) is 29.9 Å². The maximum atomic E-state index is 11.0. The monoisotopic (exact) mass is 157 g/mol. The van der Waals surface area contributed by atoms with Crippen LogP contribution in [0.3, 0.4) is 0 Å². The Morgan fingerprint density at radius 2 is 2.09 bits per heavy atom. The summed E-state index contributed by atoms with van der Waals surface area (Å²) in [5, 5.41) is 0. The quantitative estimate of drug-likeness (QED) is 0.321. The predicted molar refractivity (Wildman–Crippen MR) is 42.6 cm³/mol. The van der Waals surface area contributed by atoms with Gasteiger partial charge in [-0.3, -0.25) is 15.1 Å². The molecule has 1 saturated heterocycles. The van der Waals surface area contributed by atoms with Gasteiger partial charge in [0.25, 0.3) is 5.91 Å². The summed E-state index contributed by atoms with van der Waals surface area (Å²) in [5.74, 6) is 4.92. The van der Waals surface area contributed by atoms with Gasteiger partial charge in [-0.15, -0.1) is 0 Å². The molecule has 1 amide bonds. The Hall–Kier alpha value is -0.610. The van der Waals surface area contributed by atoms with Gasteiger partial charge in [-0.05, 0) is 32.9 Å². The van der Waals surface area contributed by atoms with E-state index in [1.54, 1.807) is 0 Å². The Balaban J connectivity index is 2.39. The van der Waals surface area contributed by atoms with E-state index in [9.17, 15) is 4.79 Å². The van der Waals surface area contributed by atoms with Crippen LogP contribution in [0.5, 0.6) is 0 Å². The lowest BCUT2D eigenvalue weighted by Gasteiger charge is -2.21. The molecular formula is C7H15N3O. The molecule has 0 aliphatic carbocycles. The molecular weight excluding hydrogens is 142 g/mol. The van der Waals surface area contributed by atoms with Gasteiger partial charge in [-0.2, -0.15) is 0 Å². The van der Waals surface area contributed by atoms with E-state index < -0.39 is 0 Å². The molecule has 1 rings (SSSR count). The SMILES string of the molecule is C[C@H](C(=O)NN)N1CCCC1. The molecule has 3 N–H and O–H groups in total. The van der Waals surface area contributed by atoms with Gasteiger partial charge in [0, 0.05) is 0 Å². The smallest absolute Gasteiger partial charge is 0.250 e. The summed E-state index contributed by atoms with van der Waals surface area (Å²) in [4.78, 5) is 13.2. The molecule has 1 fully saturated rings. The normalized spacial score (nSPS) is 21.6. The number of hydrazine groups is 1. The first-order chi connectivity index (χ1) is 5.25. The topological polar surface area (TPSA) is 58.4 Å². The number of nitrogens with zero attached hydrogens (tertiary/aromatic N) is 1. The highest BCUT2D eigenvalue weighted by Crippen LogP contribution is 2.10. The highest BCUT2D eigenvalue weighted by molar-refractivity contribution is 5.80. The van der Waals surface area contributed by atoms with E-state index in [2.05, 4.69) is 10.3 Å². The molecule has 0 aromatic heterocycles. The van der Waals surface area contributed by atoms with Crippen LogP contribution >= 0.6 is 0 Å². The summed E-state index contributed by atoms with van der Waals surface area (Å²) in [7, 11) is 0. The molecule has 0 aromatic carbocycles. The minimum absolute atomic E-state index is 0.0671. The van der Waals surface area contributed by atoms with Crippen LogP contribution in [-0.2, 0) is 4.79 Å². The summed E-state index contributed by atoms with van der Waals surface area (Å²) >= 11 is 0. The molecule has 0 unspecified atom stereocenters. The number of likely N-dealkylation sites (tertiary alicyclic amines) is 1. The number of hydrogen-bond acceptors (Lipinski definition) is 3. The Morgan fingerprint density at radius 3 is 2.55 bits per heavy atom. The highest BCUT2D eigenvalue weighted by atomic mass is 16.2. The van der Waals surface area contributed by atoms with Gasteiger partial charge in [-0.1, -0.05) is 0 Å². The van der Waals surface area contributed by atoms with E-state index in [1.165, 1.54) is 12.8 Å². The Morgan fingerprint density at radius 1 is 1.55 bits per heavy atom. The number of amides is 1. The summed E-state index contributed by atoms with van der Waals surface area (Å²) in [6, 6.07) is -0.0671. The third-order valence-corrected chi connectivity index (χ3v) is 2.21. The molecule has 11 heavy (non-hydrogen) atoms. The van der Waals surface area contributed by atoms with Crippen molar-refractivity contribution in [2.45, 2.75) is 25.8 Å². The van der Waals surface area contributed by atoms with Gasteiger partial charge in [0.05, 0.1) is 6.04 Å². The second kappa shape index (κ2) is 3.69. The van der Waals surface area contributed by atoms with Crippen molar-refractivity contribution in [3.8, 4) is 0 Å². The second-order valence-corrected chi connectivity index (χ2v) is 2.93. The van der Waals surface area contributed by atoms with Gasteiger partial charge in [0.1, 0.15) is 0 Å². The highest BCUT2D eigenvalue weighted by Gasteiger charge is 2.22. The summed E-state index contributed by atoms with van der Waals surface area (Å²) in [6.07, 6.45) is 2.39. The Labute approximate surface area is 66.7 Å². The van der Waals surface area contributed by atoms with E-state index in [1.807, 2.05) is 6.92 Å². The van der Waals surface area contributed by atoms with Crippen molar-refractivity contribution in [1.82, 2.24) is 10.3 Å². The minimum Gasteiger partial charge on any atom is -0.293 e. The largest absolute Gasteiger partial charge is 0.293 e. The van der Waals surface area contributed by atoms with Crippen LogP contribution in [0.15, 0.2) is 0 Å². The molecule has 0 bridgehead atoms. The molecule has 1 heterocycles. The van der Waals surface area contributed by atoms with Gasteiger partial charge < -0.3 is 0 Å². The van der Waals surface area contributed by atoms with Gasteiger partial charge in [0.15, 0.2) is 0 Å². The van der Waals surface area contributed by atoms with Crippen molar-refractivity contribution in [1.29, 1.82) is 0 Å². The zero-order valence-electron chi connectivity index (χ0n) is 6.84. The number of hydrogen-bond donors (Lipinski definition) is 2. The lowest BCUT2D eigenvalue weighted by Crippen LogP contribution is -2.46. The van der Waals surface area contributed by atoms with E-state index >= 15 is 0 Å². The van der Waals surface area contributed by atoms with E-state index in [0.717, 1.165) is 13.1 Å². The fourth-order valence-corrected chi connectivity index (χ4v) is 1.42. The van der Waals surface area contributed by atoms with Crippen LogP contribution < -0.4 is 11.3 Å². The first-order valence-electron chi connectivity index (χ1n) is 4.00. The molecule has 0 radical (unpaired) electrons. The molecule has 0 spiro atoms. The first-order valence-corrected chi connectivity index (χ1v) is 4.00. The lowest BCUT2D eigenvalue weighted by atomic mass is 10.3. The first kappa shape index (κ1) is 8.49. The third-order valence-electron chi connectivity index (χ3n) is 2.21. The molecule has 0 saturated carbocycles. The van der Waals surface area contributed by atoms with E-state index in [0.29, 0.717) is 0 Å². The second-order valence-electron chi connectivity index (χ2n) is 2.93. The van der Waals surface area contributed by atoms with Crippen LogP contribution in [0, 0.1) is 0 Å². The minimum atomic E-state index is -0.0908. The molecule has 64 valence electrons. The average Bonchev–Trinajstić information content (AvgIpc) is 2.53. The number of nitrogens with one attached hydrogen (secondary N) is 1. The van der Waals surface area contributed by atoms with E-state index in [4.69, 9.17) is 5.84 Å². The lowest BCUT2D eigenvalue weighted by molar-refractivity contribution is -0.125. The predicted octanol–water partition coefficient (Wildman–Crippen LogP) is -0.539. The third kappa shape index (κ3) is 1.91. The maximum absolute atomic E-state index is 11.0. The fourth-order valence-electron chi connectivity index (χ4n) is 1.42. The number of rotatable bonds is 2. The maximum Gasteiger partial charge on any atom is 0.250 e. The number of carbonyl (C=O) groups excluding carboxylic acids is 1. The van der Waals surface area contributed by atoms with Crippen LogP contribution in [0.2, 0.25) is 0 Å². The molecule has 4 heteroatoms. The zero-order chi connectivity index (χ0) is 8.27. The average molecular weight is 157 g/mol. The van der Waals surface area contributed by atoms with Crippen molar-refractivity contribution in [3.05, 3.63) is 0 Å². The van der Waals surface area contributed by atoms with Crippen LogP contribution in [0.25, 0.3) is 0 Å². The molecule has 1 aliphatic heterocycles. The van der Waals surface area contributed by atoms with Gasteiger partial charge >= 0.3 is 0 Å². The van der Waals surface area contributed by atoms with Crippen molar-refractivity contribution < 1.29 is 4.79 Å². The molecule has 0 aromatic rings. The number of nitrogens with two attached hydrogens (primary N) is 1. The summed E-state index contributed by atoms with van der Waals surface area (Å²) in [6.45, 7) is 3.93. The van der Waals surface area contributed by atoms with Gasteiger partial charge in [0.2, 0.25) is 0 Å². The summed E-state index contributed by atoms with van der Waals surface area (Å²) in [5.41, 5.74) is 2.16. The number of carbonyl (C=O) groups is 1. The van der Waals surface area contributed by atoms with E-state index in [-0.39, 0.29) is 11.9 Å². The Bertz CT molecular complexity index is 143.